The molecule has 0 spiro atoms. The highest BCUT2D eigenvalue weighted by Gasteiger charge is 2.07. The van der Waals surface area contributed by atoms with Crippen molar-refractivity contribution in [3.8, 4) is 5.75 Å². The average Bonchev–Trinajstić information content (AvgIpc) is 3.10. The molecule has 8 heteroatoms. The van der Waals surface area contributed by atoms with Gasteiger partial charge in [-0.15, -0.1) is 11.3 Å². The molecule has 28 heavy (non-hydrogen) atoms. The summed E-state index contributed by atoms with van der Waals surface area (Å²) in [5.41, 5.74) is 1.52. The number of nitrogens with one attached hydrogen (secondary N) is 2. The number of benzene rings is 1. The summed E-state index contributed by atoms with van der Waals surface area (Å²) in [6, 6.07) is 4.83. The van der Waals surface area contributed by atoms with Gasteiger partial charge in [-0.2, -0.15) is 0 Å². The van der Waals surface area contributed by atoms with Crippen molar-refractivity contribution in [2.75, 3.05) is 18.5 Å². The minimum atomic E-state index is -0.761. The molecule has 0 atom stereocenters. The maximum absolute atomic E-state index is 14.2. The predicted molar refractivity (Wildman–Crippen MR) is 110 cm³/mol. The van der Waals surface area contributed by atoms with Gasteiger partial charge in [-0.1, -0.05) is 19.8 Å². The first-order valence-electron chi connectivity index (χ1n) is 9.64. The van der Waals surface area contributed by atoms with E-state index >= 15 is 0 Å². The summed E-state index contributed by atoms with van der Waals surface area (Å²) in [5, 5.41) is 17.6. The highest BCUT2D eigenvalue weighted by atomic mass is 32.1. The largest absolute Gasteiger partial charge is 0.491 e. The molecule has 2 aromatic rings. The third kappa shape index (κ3) is 8.22. The number of nitrogens with zero attached hydrogens (tertiary/aromatic N) is 1. The summed E-state index contributed by atoms with van der Waals surface area (Å²) < 4.78 is 19.6. The fraction of sp³-hybridized carbons (Fsp3) is 0.500. The summed E-state index contributed by atoms with van der Waals surface area (Å²) >= 11 is 1.45. The number of halogens is 1. The van der Waals surface area contributed by atoms with Crippen LogP contribution < -0.4 is 15.4 Å². The molecule has 0 saturated carbocycles. The van der Waals surface area contributed by atoms with E-state index in [0.717, 1.165) is 37.9 Å². The van der Waals surface area contributed by atoms with Crippen LogP contribution in [0.1, 0.15) is 51.1 Å². The van der Waals surface area contributed by atoms with E-state index in [0.29, 0.717) is 30.4 Å². The number of carbonyl (C=O) groups is 1. The second-order valence-corrected chi connectivity index (χ2v) is 7.36. The summed E-state index contributed by atoms with van der Waals surface area (Å²) in [7, 11) is 0. The molecule has 0 unspecified atom stereocenters. The Bertz CT molecular complexity index is 739. The number of anilines is 2. The quantitative estimate of drug-likeness (QED) is 0.383. The number of carboxylic acid groups (broad SMARTS) is 1. The molecule has 0 aliphatic carbocycles. The molecule has 0 saturated heterocycles. The van der Waals surface area contributed by atoms with Crippen molar-refractivity contribution in [3.63, 3.8) is 0 Å². The van der Waals surface area contributed by atoms with E-state index in [4.69, 9.17) is 9.84 Å². The first kappa shape index (κ1) is 22.1. The molecule has 3 N–H and O–H groups in total. The molecule has 0 amide bonds. The number of unbranched alkanes of at least 4 members (excludes halogenated alkanes) is 3. The van der Waals surface area contributed by atoms with Gasteiger partial charge >= 0.3 is 5.97 Å². The average molecular weight is 410 g/mol. The van der Waals surface area contributed by atoms with E-state index in [1.807, 2.05) is 5.38 Å². The Labute approximate surface area is 169 Å². The van der Waals surface area contributed by atoms with Crippen LogP contribution in [0.15, 0.2) is 23.6 Å². The van der Waals surface area contributed by atoms with E-state index in [1.54, 1.807) is 12.1 Å². The fourth-order valence-corrected chi connectivity index (χ4v) is 3.27. The Morgan fingerprint density at radius 1 is 1.29 bits per heavy atom. The van der Waals surface area contributed by atoms with Crippen molar-refractivity contribution in [2.45, 2.75) is 52.0 Å². The molecule has 1 aromatic heterocycles. The number of carboxylic acids is 1. The molecule has 6 nitrogen and oxygen atoms in total. The maximum atomic E-state index is 14.2. The third-order valence-corrected chi connectivity index (χ3v) is 4.85. The van der Waals surface area contributed by atoms with Crippen molar-refractivity contribution < 1.29 is 19.0 Å². The van der Waals surface area contributed by atoms with Crippen LogP contribution >= 0.6 is 11.3 Å². The van der Waals surface area contributed by atoms with Gasteiger partial charge in [0.25, 0.3) is 0 Å². The zero-order chi connectivity index (χ0) is 20.2. The van der Waals surface area contributed by atoms with Crippen LogP contribution in [0, 0.1) is 5.82 Å². The first-order valence-corrected chi connectivity index (χ1v) is 10.5. The van der Waals surface area contributed by atoms with Gasteiger partial charge in [-0.05, 0) is 37.9 Å². The molecule has 0 bridgehead atoms. The normalized spacial score (nSPS) is 10.8. The van der Waals surface area contributed by atoms with E-state index < -0.39 is 5.97 Å². The molecular formula is C20H28FN3O3S. The molecule has 154 valence electrons. The number of rotatable bonds is 14. The van der Waals surface area contributed by atoms with Crippen LogP contribution in [0.25, 0.3) is 0 Å². The predicted octanol–water partition coefficient (Wildman–Crippen LogP) is 4.94. The summed E-state index contributed by atoms with van der Waals surface area (Å²) in [6.07, 6.45) is 4.77. The lowest BCUT2D eigenvalue weighted by Gasteiger charge is -2.09. The van der Waals surface area contributed by atoms with E-state index in [9.17, 15) is 9.18 Å². The van der Waals surface area contributed by atoms with Crippen LogP contribution in [0.4, 0.5) is 15.2 Å². The zero-order valence-corrected chi connectivity index (χ0v) is 17.0. The van der Waals surface area contributed by atoms with Crippen LogP contribution in [0.2, 0.25) is 0 Å². The molecule has 0 radical (unpaired) electrons. The van der Waals surface area contributed by atoms with Crippen molar-refractivity contribution in [1.29, 1.82) is 0 Å². The zero-order valence-electron chi connectivity index (χ0n) is 16.2. The number of aliphatic carboxylic acids is 1. The van der Waals surface area contributed by atoms with E-state index in [-0.39, 0.29) is 18.0 Å². The summed E-state index contributed by atoms with van der Waals surface area (Å²) in [5.74, 6) is -0.877. The third-order valence-electron chi connectivity index (χ3n) is 4.04. The van der Waals surface area contributed by atoms with Gasteiger partial charge in [0, 0.05) is 30.1 Å². The van der Waals surface area contributed by atoms with Gasteiger partial charge in [0.15, 0.2) is 16.7 Å². The summed E-state index contributed by atoms with van der Waals surface area (Å²) in [4.78, 5) is 14.9. The Kier molecular flexibility index (Phi) is 9.71. The number of hydrogen-bond donors (Lipinski definition) is 3. The van der Waals surface area contributed by atoms with E-state index in [1.165, 1.54) is 17.4 Å². The molecule has 0 aliphatic rings. The van der Waals surface area contributed by atoms with Gasteiger partial charge in [-0.3, -0.25) is 4.79 Å². The lowest BCUT2D eigenvalue weighted by atomic mass is 10.2. The molecule has 0 fully saturated rings. The molecular weight excluding hydrogens is 381 g/mol. The standard InChI is InChI=1S/C20H28FN3O3S/c1-2-3-6-11-27-18-9-8-15(12-17(18)21)23-20-24-16(14-28-20)13-22-10-5-4-7-19(25)26/h8-9,12,14,22H,2-7,10-11,13H2,1H3,(H,23,24)(H,25,26). The van der Waals surface area contributed by atoms with Crippen molar-refractivity contribution >= 4 is 28.1 Å². The second kappa shape index (κ2) is 12.3. The number of ether oxygens (including phenoxy) is 1. The Hall–Kier alpha value is -2.19. The van der Waals surface area contributed by atoms with Crippen LogP contribution in [-0.4, -0.2) is 29.2 Å². The van der Waals surface area contributed by atoms with Gasteiger partial charge in [0.1, 0.15) is 0 Å². The van der Waals surface area contributed by atoms with Crippen molar-refractivity contribution in [1.82, 2.24) is 10.3 Å². The summed E-state index contributed by atoms with van der Waals surface area (Å²) in [6.45, 7) is 4.00. The maximum Gasteiger partial charge on any atom is 0.303 e. The highest BCUT2D eigenvalue weighted by Crippen LogP contribution is 2.25. The highest BCUT2D eigenvalue weighted by molar-refractivity contribution is 7.13. The molecule has 1 heterocycles. The van der Waals surface area contributed by atoms with Crippen molar-refractivity contribution in [3.05, 3.63) is 35.1 Å². The minimum Gasteiger partial charge on any atom is -0.491 e. The molecule has 0 aliphatic heterocycles. The van der Waals surface area contributed by atoms with Crippen LogP contribution in [0.3, 0.4) is 0 Å². The molecule has 1 aromatic carbocycles. The lowest BCUT2D eigenvalue weighted by Crippen LogP contribution is -2.15. The Morgan fingerprint density at radius 3 is 2.89 bits per heavy atom. The number of aromatic nitrogens is 1. The Morgan fingerprint density at radius 2 is 2.14 bits per heavy atom. The second-order valence-electron chi connectivity index (χ2n) is 6.50. The van der Waals surface area contributed by atoms with Crippen LogP contribution in [-0.2, 0) is 11.3 Å². The first-order chi connectivity index (χ1) is 13.6. The lowest BCUT2D eigenvalue weighted by molar-refractivity contribution is -0.137. The molecule has 2 rings (SSSR count). The SMILES string of the molecule is CCCCCOc1ccc(Nc2nc(CNCCCCC(=O)O)cs2)cc1F. The topological polar surface area (TPSA) is 83.5 Å². The van der Waals surface area contributed by atoms with E-state index in [2.05, 4.69) is 22.5 Å². The van der Waals surface area contributed by atoms with Gasteiger partial charge < -0.3 is 20.5 Å². The minimum absolute atomic E-state index is 0.200. The number of hydrogen-bond acceptors (Lipinski definition) is 6. The van der Waals surface area contributed by atoms with Gasteiger partial charge in [-0.25, -0.2) is 9.37 Å². The number of thiazole rings is 1. The Balaban J connectivity index is 1.75. The van der Waals surface area contributed by atoms with Gasteiger partial charge in [0.2, 0.25) is 0 Å². The van der Waals surface area contributed by atoms with Crippen LogP contribution in [0.5, 0.6) is 5.75 Å². The monoisotopic (exact) mass is 409 g/mol. The fourth-order valence-electron chi connectivity index (χ4n) is 2.54. The van der Waals surface area contributed by atoms with Crippen molar-refractivity contribution in [2.24, 2.45) is 0 Å². The smallest absolute Gasteiger partial charge is 0.303 e. The van der Waals surface area contributed by atoms with Gasteiger partial charge in [0.05, 0.1) is 12.3 Å².